The Kier molecular flexibility index (Phi) is 5.66. The summed E-state index contributed by atoms with van der Waals surface area (Å²) in [5.41, 5.74) is 1.34. The molecule has 2 nitrogen and oxygen atoms in total. The van der Waals surface area contributed by atoms with Gasteiger partial charge in [0.1, 0.15) is 6.10 Å². The van der Waals surface area contributed by atoms with Crippen LogP contribution in [0.5, 0.6) is 0 Å². The normalized spacial score (nSPS) is 47.1. The zero-order chi connectivity index (χ0) is 21.9. The van der Waals surface area contributed by atoms with Gasteiger partial charge >= 0.3 is 6.18 Å². The van der Waals surface area contributed by atoms with E-state index in [0.717, 1.165) is 38.5 Å². The van der Waals surface area contributed by atoms with Crippen LogP contribution in [0.2, 0.25) is 0 Å². The lowest BCUT2D eigenvalue weighted by molar-refractivity contribution is -0.205. The topological polar surface area (TPSA) is 40.5 Å². The number of hydrogen-bond donors (Lipinski definition) is 2. The summed E-state index contributed by atoms with van der Waals surface area (Å²) in [5.74, 6) is 2.49. The molecule has 0 saturated heterocycles. The van der Waals surface area contributed by atoms with Gasteiger partial charge < -0.3 is 10.2 Å². The van der Waals surface area contributed by atoms with Crippen LogP contribution in [0.1, 0.15) is 91.4 Å². The molecule has 172 valence electrons. The van der Waals surface area contributed by atoms with Crippen LogP contribution in [-0.2, 0) is 0 Å². The Morgan fingerprint density at radius 3 is 2.50 bits per heavy atom. The number of rotatable bonds is 4. The highest BCUT2D eigenvalue weighted by Gasteiger charge is 2.58. The maximum Gasteiger partial charge on any atom is 0.414 e. The molecule has 2 N–H and O–H groups in total. The van der Waals surface area contributed by atoms with Gasteiger partial charge in [0.15, 0.2) is 0 Å². The maximum absolute atomic E-state index is 12.6. The third-order valence-corrected chi connectivity index (χ3v) is 9.98. The van der Waals surface area contributed by atoms with Gasteiger partial charge in [-0.05, 0) is 106 Å². The van der Waals surface area contributed by atoms with E-state index in [4.69, 9.17) is 0 Å². The predicted octanol–water partition coefficient (Wildman–Crippen LogP) is 6.41. The Morgan fingerprint density at radius 1 is 1.07 bits per heavy atom. The fraction of sp³-hybridized carbons (Fsp3) is 0.920. The van der Waals surface area contributed by atoms with Gasteiger partial charge in [-0.1, -0.05) is 31.9 Å². The third kappa shape index (κ3) is 3.76. The van der Waals surface area contributed by atoms with Crippen molar-refractivity contribution in [2.45, 2.75) is 109 Å². The summed E-state index contributed by atoms with van der Waals surface area (Å²) in [7, 11) is 0. The summed E-state index contributed by atoms with van der Waals surface area (Å²) in [5, 5.41) is 19.9. The number of aliphatic hydroxyl groups is 2. The highest BCUT2D eigenvalue weighted by atomic mass is 19.4. The molecule has 0 radical (unpaired) electrons. The van der Waals surface area contributed by atoms with E-state index >= 15 is 0 Å². The molecular weight excluding hydrogens is 389 g/mol. The van der Waals surface area contributed by atoms with Crippen LogP contribution in [0.4, 0.5) is 13.2 Å². The second-order valence-corrected chi connectivity index (χ2v) is 11.7. The molecule has 30 heavy (non-hydrogen) atoms. The number of alkyl halides is 3. The zero-order valence-corrected chi connectivity index (χ0v) is 18.8. The molecule has 0 amide bonds. The molecule has 0 bridgehead atoms. The van der Waals surface area contributed by atoms with Gasteiger partial charge in [0.2, 0.25) is 0 Å². The van der Waals surface area contributed by atoms with Gasteiger partial charge in [0.05, 0.1) is 5.60 Å². The Labute approximate surface area is 179 Å². The van der Waals surface area contributed by atoms with Crippen molar-refractivity contribution in [1.29, 1.82) is 0 Å². The molecule has 0 aromatic carbocycles. The average molecular weight is 429 g/mol. The highest BCUT2D eigenvalue weighted by molar-refractivity contribution is 5.26. The van der Waals surface area contributed by atoms with E-state index in [2.05, 4.69) is 19.9 Å². The van der Waals surface area contributed by atoms with Crippen LogP contribution < -0.4 is 0 Å². The van der Waals surface area contributed by atoms with E-state index in [1.165, 1.54) is 24.8 Å². The highest BCUT2D eigenvalue weighted by Crippen LogP contribution is 2.67. The average Bonchev–Trinajstić information content (AvgIpc) is 2.98. The first-order valence-corrected chi connectivity index (χ1v) is 12.0. The number of hydrogen-bond acceptors (Lipinski definition) is 2. The predicted molar refractivity (Wildman–Crippen MR) is 112 cm³/mol. The minimum atomic E-state index is -4.49. The lowest BCUT2D eigenvalue weighted by Gasteiger charge is -2.59. The summed E-state index contributed by atoms with van der Waals surface area (Å²) >= 11 is 0. The lowest BCUT2D eigenvalue weighted by Crippen LogP contribution is -2.51. The van der Waals surface area contributed by atoms with Crippen LogP contribution in [0.15, 0.2) is 11.6 Å². The molecule has 3 saturated carbocycles. The second-order valence-electron chi connectivity index (χ2n) is 11.7. The van der Waals surface area contributed by atoms with E-state index in [9.17, 15) is 23.4 Å². The van der Waals surface area contributed by atoms with Crippen molar-refractivity contribution in [3.05, 3.63) is 11.6 Å². The Bertz CT molecular complexity index is 684. The van der Waals surface area contributed by atoms with Crippen LogP contribution in [0.3, 0.4) is 0 Å². The molecule has 4 aliphatic rings. The van der Waals surface area contributed by atoms with E-state index in [1.54, 1.807) is 0 Å². The molecule has 3 fully saturated rings. The summed E-state index contributed by atoms with van der Waals surface area (Å²) in [6.07, 6.45) is 5.39. The lowest BCUT2D eigenvalue weighted by atomic mass is 9.46. The van der Waals surface area contributed by atoms with Gasteiger partial charge in [-0.3, -0.25) is 0 Å². The summed E-state index contributed by atoms with van der Waals surface area (Å²) in [6, 6.07) is 0. The molecule has 5 heteroatoms. The van der Waals surface area contributed by atoms with Gasteiger partial charge in [-0.15, -0.1) is 0 Å². The van der Waals surface area contributed by atoms with E-state index in [1.807, 2.05) is 6.92 Å². The number of allylic oxidation sites excluding steroid dienone is 1. The quantitative estimate of drug-likeness (QED) is 0.508. The van der Waals surface area contributed by atoms with Crippen LogP contribution >= 0.6 is 0 Å². The maximum atomic E-state index is 12.6. The van der Waals surface area contributed by atoms with Gasteiger partial charge in [0, 0.05) is 0 Å². The van der Waals surface area contributed by atoms with Crippen molar-refractivity contribution < 1.29 is 23.4 Å². The first-order chi connectivity index (χ1) is 13.9. The molecule has 0 aliphatic heterocycles. The minimum Gasteiger partial charge on any atom is -0.390 e. The molecule has 0 spiro atoms. The number of halogens is 3. The SMILES string of the molecule is CC12CC[C@](C)(O)CC1=CCC1C2CCC2(C)C(CCCC(O)C(F)(F)F)CCC12. The molecule has 4 rings (SSSR count). The largest absolute Gasteiger partial charge is 0.414 e. The van der Waals surface area contributed by atoms with Gasteiger partial charge in [-0.2, -0.15) is 13.2 Å². The Balaban J connectivity index is 1.44. The van der Waals surface area contributed by atoms with E-state index in [0.29, 0.717) is 30.1 Å². The van der Waals surface area contributed by atoms with Crippen LogP contribution in [0, 0.1) is 34.5 Å². The minimum absolute atomic E-state index is 0.170. The van der Waals surface area contributed by atoms with Crippen molar-refractivity contribution >= 4 is 0 Å². The Hall–Kier alpha value is -0.550. The van der Waals surface area contributed by atoms with Gasteiger partial charge in [-0.25, -0.2) is 0 Å². The molecule has 0 heterocycles. The molecule has 8 atom stereocenters. The zero-order valence-electron chi connectivity index (χ0n) is 18.8. The molecule has 7 unspecified atom stereocenters. The Morgan fingerprint density at radius 2 is 1.80 bits per heavy atom. The van der Waals surface area contributed by atoms with Crippen molar-refractivity contribution in [3.8, 4) is 0 Å². The van der Waals surface area contributed by atoms with E-state index < -0.39 is 17.9 Å². The van der Waals surface area contributed by atoms with Crippen molar-refractivity contribution in [2.24, 2.45) is 34.5 Å². The molecular formula is C25H39F3O2. The van der Waals surface area contributed by atoms with Crippen molar-refractivity contribution in [3.63, 3.8) is 0 Å². The smallest absolute Gasteiger partial charge is 0.390 e. The third-order valence-electron chi connectivity index (χ3n) is 9.98. The molecule has 4 aliphatic carbocycles. The van der Waals surface area contributed by atoms with Crippen molar-refractivity contribution in [2.75, 3.05) is 0 Å². The fourth-order valence-corrected chi connectivity index (χ4v) is 8.11. The fourth-order valence-electron chi connectivity index (χ4n) is 8.11. The summed E-state index contributed by atoms with van der Waals surface area (Å²) in [6.45, 7) is 6.80. The van der Waals surface area contributed by atoms with Crippen LogP contribution in [-0.4, -0.2) is 28.1 Å². The van der Waals surface area contributed by atoms with Crippen LogP contribution in [0.25, 0.3) is 0 Å². The second kappa shape index (κ2) is 7.50. The number of fused-ring (bicyclic) bond motifs is 5. The first kappa shape index (κ1) is 22.6. The molecule has 0 aromatic heterocycles. The summed E-state index contributed by atoms with van der Waals surface area (Å²) < 4.78 is 37.9. The number of aliphatic hydroxyl groups excluding tert-OH is 1. The van der Waals surface area contributed by atoms with E-state index in [-0.39, 0.29) is 17.3 Å². The van der Waals surface area contributed by atoms with Gasteiger partial charge in [0.25, 0.3) is 0 Å². The van der Waals surface area contributed by atoms with Crippen molar-refractivity contribution in [1.82, 2.24) is 0 Å². The summed E-state index contributed by atoms with van der Waals surface area (Å²) in [4.78, 5) is 0. The first-order valence-electron chi connectivity index (χ1n) is 12.0. The molecule has 0 aromatic rings. The monoisotopic (exact) mass is 428 g/mol. The standard InChI is InChI=1S/C25H39F3O2/c1-22(30)13-14-24(3)17(15-22)7-9-18-19-10-8-16(23(19,2)12-11-20(18)24)5-4-6-21(29)25(26,27)28/h7,16,18-21,29-30H,4-6,8-15H2,1-3H3/t16?,18?,19?,20?,21?,22-,23?,24?/m0/s1.